The number of halogens is 2. The van der Waals surface area contributed by atoms with Crippen LogP contribution < -0.4 is 10.6 Å². The van der Waals surface area contributed by atoms with Crippen LogP contribution in [-0.4, -0.2) is 17.1 Å². The van der Waals surface area contributed by atoms with Crippen molar-refractivity contribution in [1.82, 2.24) is 0 Å². The second-order valence-corrected chi connectivity index (χ2v) is 7.92. The average molecular weight is 529 g/mol. The molecule has 0 spiro atoms. The number of nitrogens with zero attached hydrogens (tertiary/aromatic N) is 1. The summed E-state index contributed by atoms with van der Waals surface area (Å²) in [7, 11) is 0. The number of fused-ring (bicyclic) bond motifs is 2. The van der Waals surface area contributed by atoms with E-state index in [1.807, 2.05) is 19.1 Å². The minimum atomic E-state index is -0.669. The molecule has 0 unspecified atom stereocenters. The maximum Gasteiger partial charge on any atom is 0.412 e. The van der Waals surface area contributed by atoms with Crippen molar-refractivity contribution < 1.29 is 24.0 Å². The first-order valence-corrected chi connectivity index (χ1v) is 9.89. The Bertz CT molecular complexity index is 1040. The topological polar surface area (TPSA) is 120 Å². The molecule has 0 radical (unpaired) electrons. The van der Waals surface area contributed by atoms with E-state index in [1.54, 1.807) is 6.92 Å². The van der Waals surface area contributed by atoms with E-state index in [9.17, 15) is 19.7 Å². The summed E-state index contributed by atoms with van der Waals surface area (Å²) >= 11 is 6.66. The Labute approximate surface area is 182 Å². The van der Waals surface area contributed by atoms with Gasteiger partial charge in [0, 0.05) is 26.1 Å². The molecular weight excluding hydrogens is 514 g/mol. The molecule has 0 atom stereocenters. The highest BCUT2D eigenvalue weighted by Crippen LogP contribution is 2.38. The summed E-state index contributed by atoms with van der Waals surface area (Å²) in [4.78, 5) is 32.2. The number of ether oxygens (including phenoxy) is 2. The van der Waals surface area contributed by atoms with Gasteiger partial charge in [0.1, 0.15) is 18.9 Å². The summed E-state index contributed by atoms with van der Waals surface area (Å²) < 4.78 is 11.3. The number of cyclic esters (lactones) is 2. The van der Waals surface area contributed by atoms with E-state index in [0.29, 0.717) is 16.6 Å². The second-order valence-electron chi connectivity index (χ2n) is 6.21. The van der Waals surface area contributed by atoms with E-state index in [4.69, 9.17) is 9.47 Å². The van der Waals surface area contributed by atoms with Gasteiger partial charge in [-0.2, -0.15) is 0 Å². The molecular formula is C18H15Br2N3O6. The summed E-state index contributed by atoms with van der Waals surface area (Å²) in [5.41, 5.74) is 4.52. The van der Waals surface area contributed by atoms with Crippen LogP contribution in [0.4, 0.5) is 26.7 Å². The Kier molecular flexibility index (Phi) is 6.08. The molecule has 2 N–H and O–H groups in total. The number of nitro benzene ring substituents is 1. The van der Waals surface area contributed by atoms with E-state index >= 15 is 0 Å². The van der Waals surface area contributed by atoms with Crippen molar-refractivity contribution in [3.8, 4) is 0 Å². The predicted molar refractivity (Wildman–Crippen MR) is 112 cm³/mol. The summed E-state index contributed by atoms with van der Waals surface area (Å²) in [5, 5.41) is 15.8. The molecule has 0 saturated carbocycles. The molecule has 2 heterocycles. The number of nitro groups is 1. The van der Waals surface area contributed by atoms with Crippen LogP contribution in [0, 0.1) is 24.0 Å². The lowest BCUT2D eigenvalue weighted by Gasteiger charge is -2.19. The maximum absolute atomic E-state index is 11.0. The van der Waals surface area contributed by atoms with Crippen molar-refractivity contribution in [2.45, 2.75) is 27.1 Å². The lowest BCUT2D eigenvalue weighted by molar-refractivity contribution is -0.384. The lowest BCUT2D eigenvalue weighted by Crippen LogP contribution is -2.22. The van der Waals surface area contributed by atoms with E-state index in [-0.39, 0.29) is 24.1 Å². The van der Waals surface area contributed by atoms with Gasteiger partial charge in [-0.05, 0) is 37.1 Å². The summed E-state index contributed by atoms with van der Waals surface area (Å²) in [6.07, 6.45) is -1.05. The van der Waals surface area contributed by atoms with Crippen molar-refractivity contribution in [1.29, 1.82) is 0 Å². The van der Waals surface area contributed by atoms with Crippen molar-refractivity contribution in [2.24, 2.45) is 0 Å². The third-order valence-electron chi connectivity index (χ3n) is 4.52. The number of carbonyl (C=O) groups is 2. The molecule has 2 aromatic carbocycles. The standard InChI is InChI=1S/C9H7BrN2O4.C9H8BrNO2/c1-4-5-3-16-9(13)11-8(5)7(12(14)15)2-6(4)10;1-5-6-4-13-9(12)11-8(6)3-2-7(5)10/h2H,3H2,1H3,(H,11,13);2-3H,4H2,1H3,(H,11,12). The molecule has 11 heteroatoms. The fraction of sp³-hybridized carbons (Fsp3) is 0.222. The zero-order valence-electron chi connectivity index (χ0n) is 15.3. The fourth-order valence-electron chi connectivity index (χ4n) is 2.84. The van der Waals surface area contributed by atoms with Gasteiger partial charge in [-0.15, -0.1) is 0 Å². The monoisotopic (exact) mass is 527 g/mol. The van der Waals surface area contributed by atoms with E-state index < -0.39 is 11.0 Å². The predicted octanol–water partition coefficient (Wildman–Crippen LogP) is 5.55. The van der Waals surface area contributed by atoms with Crippen LogP contribution in [0.3, 0.4) is 0 Å². The van der Waals surface area contributed by atoms with Gasteiger partial charge in [0.05, 0.1) is 10.6 Å². The third kappa shape index (κ3) is 4.35. The van der Waals surface area contributed by atoms with Crippen LogP contribution in [0.1, 0.15) is 22.3 Å². The average Bonchev–Trinajstić information content (AvgIpc) is 2.68. The smallest absolute Gasteiger partial charge is 0.412 e. The lowest BCUT2D eigenvalue weighted by atomic mass is 10.0. The number of hydrogen-bond acceptors (Lipinski definition) is 6. The zero-order chi connectivity index (χ0) is 21.3. The van der Waals surface area contributed by atoms with Crippen LogP contribution in [0.15, 0.2) is 27.1 Å². The van der Waals surface area contributed by atoms with Crippen LogP contribution in [-0.2, 0) is 22.7 Å². The number of amides is 2. The zero-order valence-corrected chi connectivity index (χ0v) is 18.5. The molecule has 0 fully saturated rings. The van der Waals surface area contributed by atoms with Gasteiger partial charge in [0.2, 0.25) is 0 Å². The molecule has 2 aliphatic heterocycles. The third-order valence-corrected chi connectivity index (χ3v) is 6.20. The molecule has 4 rings (SSSR count). The first kappa shape index (κ1) is 21.1. The number of hydrogen-bond donors (Lipinski definition) is 2. The van der Waals surface area contributed by atoms with Gasteiger partial charge < -0.3 is 9.47 Å². The number of benzene rings is 2. The van der Waals surface area contributed by atoms with Gasteiger partial charge in [-0.3, -0.25) is 20.7 Å². The molecule has 9 nitrogen and oxygen atoms in total. The number of rotatable bonds is 1. The molecule has 152 valence electrons. The van der Waals surface area contributed by atoms with Gasteiger partial charge in [0.15, 0.2) is 0 Å². The van der Waals surface area contributed by atoms with Gasteiger partial charge in [-0.25, -0.2) is 9.59 Å². The van der Waals surface area contributed by atoms with Crippen LogP contribution in [0.25, 0.3) is 0 Å². The van der Waals surface area contributed by atoms with E-state index in [1.165, 1.54) is 6.07 Å². The highest BCUT2D eigenvalue weighted by Gasteiger charge is 2.28. The van der Waals surface area contributed by atoms with Gasteiger partial charge in [0.25, 0.3) is 5.69 Å². The highest BCUT2D eigenvalue weighted by molar-refractivity contribution is 9.10. The van der Waals surface area contributed by atoms with Crippen LogP contribution >= 0.6 is 31.9 Å². The summed E-state index contributed by atoms with van der Waals surface area (Å²) in [6, 6.07) is 5.16. The molecule has 2 aliphatic rings. The first-order chi connectivity index (χ1) is 13.7. The molecule has 0 bridgehead atoms. The number of carbonyl (C=O) groups excluding carboxylic acids is 2. The molecule has 2 aromatic rings. The minimum Gasteiger partial charge on any atom is -0.444 e. The summed E-state index contributed by atoms with van der Waals surface area (Å²) in [5.74, 6) is 0. The number of anilines is 2. The Balaban J connectivity index is 0.000000169. The molecule has 0 aromatic heterocycles. The minimum absolute atomic E-state index is 0.0489. The molecule has 0 aliphatic carbocycles. The Hall–Kier alpha value is -2.66. The largest absolute Gasteiger partial charge is 0.444 e. The second kappa shape index (κ2) is 8.37. The Morgan fingerprint density at radius 1 is 0.966 bits per heavy atom. The highest BCUT2D eigenvalue weighted by atomic mass is 79.9. The van der Waals surface area contributed by atoms with Gasteiger partial charge in [-0.1, -0.05) is 31.9 Å². The van der Waals surface area contributed by atoms with Crippen molar-refractivity contribution >= 4 is 61.1 Å². The molecule has 2 amide bonds. The summed E-state index contributed by atoms with van der Waals surface area (Å²) in [6.45, 7) is 4.19. The van der Waals surface area contributed by atoms with Crippen molar-refractivity contribution in [3.63, 3.8) is 0 Å². The Morgan fingerprint density at radius 3 is 2.21 bits per heavy atom. The SMILES string of the molecule is Cc1c(Br)cc([N+](=O)[O-])c2c1COC(=O)N2.Cc1c(Br)ccc2c1COC(=O)N2. The van der Waals surface area contributed by atoms with E-state index in [2.05, 4.69) is 42.5 Å². The van der Waals surface area contributed by atoms with Gasteiger partial charge >= 0.3 is 12.2 Å². The number of nitrogens with one attached hydrogen (secondary N) is 2. The van der Waals surface area contributed by atoms with Crippen LogP contribution in [0.2, 0.25) is 0 Å². The Morgan fingerprint density at radius 2 is 1.55 bits per heavy atom. The first-order valence-electron chi connectivity index (χ1n) is 8.31. The molecule has 0 saturated heterocycles. The van der Waals surface area contributed by atoms with Crippen molar-refractivity contribution in [3.05, 3.63) is 59.5 Å². The maximum atomic E-state index is 11.0. The normalized spacial score (nSPS) is 14.1. The fourth-order valence-corrected chi connectivity index (χ4v) is 3.67. The van der Waals surface area contributed by atoms with Crippen LogP contribution in [0.5, 0.6) is 0 Å². The van der Waals surface area contributed by atoms with Crippen molar-refractivity contribution in [2.75, 3.05) is 10.6 Å². The quantitative estimate of drug-likeness (QED) is 0.370. The molecule has 29 heavy (non-hydrogen) atoms. The van der Waals surface area contributed by atoms with E-state index in [0.717, 1.165) is 26.9 Å².